The van der Waals surface area contributed by atoms with Gasteiger partial charge in [0.25, 0.3) is 5.75 Å². The Bertz CT molecular complexity index is 1430. The molecule has 0 fully saturated rings. The Morgan fingerprint density at radius 3 is 1.65 bits per heavy atom. The maximum atomic E-state index is 3.38. The molecule has 48 heavy (non-hydrogen) atoms. The van der Waals surface area contributed by atoms with E-state index < -0.39 is 0 Å². The molecule has 0 N–H and O–H groups in total. The normalized spacial score (nSPS) is 18.5. The van der Waals surface area contributed by atoms with E-state index in [1.54, 1.807) is 5.57 Å². The van der Waals surface area contributed by atoms with Crippen molar-refractivity contribution < 1.29 is 4.37 Å². The Balaban J connectivity index is 0.00000147. The van der Waals surface area contributed by atoms with E-state index in [9.17, 15) is 0 Å². The molecule has 0 amide bonds. The number of allylic oxidation sites excluding steroid dienone is 9. The molecular weight excluding hydrogens is 583 g/mol. The summed E-state index contributed by atoms with van der Waals surface area (Å²) in [5.74, 6) is 1.28. The van der Waals surface area contributed by atoms with Crippen LogP contribution >= 0.6 is 0 Å². The SMILES string of the molecule is CC.CC.CC.CC.CC1=CCC1.Cc1cc(C)c2c(c1)N(C)\C(=C/C=C/C=C/C=C/C1[O+](C)c3cc(C)cc(C)c3C1(C)C)C2(C)C. The zero-order chi connectivity index (χ0) is 37.4. The summed E-state index contributed by atoms with van der Waals surface area (Å²) in [5.41, 5.74) is 12.5. The summed E-state index contributed by atoms with van der Waals surface area (Å²) in [4.78, 5) is 2.35. The lowest BCUT2D eigenvalue weighted by molar-refractivity contribution is -0.0541. The highest BCUT2D eigenvalue weighted by Gasteiger charge is 2.49. The summed E-state index contributed by atoms with van der Waals surface area (Å²) in [6, 6.07) is 9.19. The number of likely N-dealkylation sites (N-methyl/N-ethyl adjacent to an activating group) is 1. The van der Waals surface area contributed by atoms with Gasteiger partial charge in [-0.25, -0.2) is 0 Å². The maximum Gasteiger partial charge on any atom is 0.260 e. The van der Waals surface area contributed by atoms with Gasteiger partial charge in [0, 0.05) is 36.0 Å². The van der Waals surface area contributed by atoms with Crippen LogP contribution in [0.2, 0.25) is 0 Å². The van der Waals surface area contributed by atoms with E-state index in [0.29, 0.717) is 0 Å². The molecule has 2 heteroatoms. The van der Waals surface area contributed by atoms with Crippen LogP contribution in [0.5, 0.6) is 5.75 Å². The average molecular weight is 657 g/mol. The van der Waals surface area contributed by atoms with Gasteiger partial charge in [-0.1, -0.05) is 123 Å². The lowest BCUT2D eigenvalue weighted by Crippen LogP contribution is -2.31. The molecule has 0 radical (unpaired) electrons. The first-order valence-corrected chi connectivity index (χ1v) is 18.8. The van der Waals surface area contributed by atoms with E-state index in [0.717, 1.165) is 0 Å². The molecule has 2 nitrogen and oxygen atoms in total. The Kier molecular flexibility index (Phi) is 19.5. The first-order chi connectivity index (χ1) is 22.8. The summed E-state index contributed by atoms with van der Waals surface area (Å²) in [6.07, 6.45) is 20.5. The second-order valence-corrected chi connectivity index (χ2v) is 13.1. The van der Waals surface area contributed by atoms with E-state index in [1.807, 2.05) is 55.4 Å². The monoisotopic (exact) mass is 657 g/mol. The highest BCUT2D eigenvalue weighted by atomic mass is 16.7. The lowest BCUT2D eigenvalue weighted by atomic mass is 9.78. The quantitative estimate of drug-likeness (QED) is 0.180. The Labute approximate surface area is 299 Å². The van der Waals surface area contributed by atoms with Crippen molar-refractivity contribution in [1.82, 2.24) is 0 Å². The predicted molar refractivity (Wildman–Crippen MR) is 220 cm³/mol. The molecule has 1 aliphatic carbocycles. The molecule has 2 aromatic carbocycles. The minimum atomic E-state index is -0.00280. The van der Waals surface area contributed by atoms with Crippen LogP contribution in [0.3, 0.4) is 0 Å². The fourth-order valence-corrected chi connectivity index (χ4v) is 7.04. The van der Waals surface area contributed by atoms with Crippen molar-refractivity contribution in [3.05, 3.63) is 118 Å². The Morgan fingerprint density at radius 2 is 1.15 bits per heavy atom. The van der Waals surface area contributed by atoms with Crippen LogP contribution in [-0.2, 0) is 15.2 Å². The number of aryl methyl sites for hydroxylation is 4. The smallest absolute Gasteiger partial charge is 0.260 e. The second-order valence-electron chi connectivity index (χ2n) is 13.1. The fourth-order valence-electron chi connectivity index (χ4n) is 7.04. The van der Waals surface area contributed by atoms with Crippen LogP contribution in [0.1, 0.15) is 136 Å². The molecule has 2 aliphatic heterocycles. The highest BCUT2D eigenvalue weighted by Crippen LogP contribution is 2.52. The lowest BCUT2D eigenvalue weighted by Gasteiger charge is -2.26. The molecule has 0 saturated heterocycles. The van der Waals surface area contributed by atoms with Gasteiger partial charge >= 0.3 is 0 Å². The number of benzene rings is 2. The van der Waals surface area contributed by atoms with Gasteiger partial charge in [0.05, 0.1) is 11.0 Å². The molecule has 2 aromatic rings. The van der Waals surface area contributed by atoms with Crippen molar-refractivity contribution in [2.45, 2.75) is 147 Å². The predicted octanol–water partition coefficient (Wildman–Crippen LogP) is 14.3. The van der Waals surface area contributed by atoms with E-state index in [2.05, 4.69) is 159 Å². The van der Waals surface area contributed by atoms with Crippen LogP contribution in [-0.4, -0.2) is 20.3 Å². The molecule has 1 atom stereocenters. The third-order valence-electron chi connectivity index (χ3n) is 8.99. The summed E-state index contributed by atoms with van der Waals surface area (Å²) < 4.78 is 3.38. The number of rotatable bonds is 4. The van der Waals surface area contributed by atoms with Crippen molar-refractivity contribution in [1.29, 1.82) is 0 Å². The largest absolute Gasteiger partial charge is 0.568 e. The molecule has 0 aromatic heterocycles. The van der Waals surface area contributed by atoms with E-state index in [1.165, 1.54) is 63.4 Å². The van der Waals surface area contributed by atoms with Gasteiger partial charge in [-0.3, -0.25) is 0 Å². The van der Waals surface area contributed by atoms with Crippen LogP contribution in [0, 0.1) is 27.7 Å². The van der Waals surface area contributed by atoms with Crippen LogP contribution in [0.4, 0.5) is 5.69 Å². The number of hydrogen-bond donors (Lipinski definition) is 0. The topological polar surface area (TPSA) is 5.94 Å². The molecule has 0 bridgehead atoms. The third-order valence-corrected chi connectivity index (χ3v) is 8.99. The molecule has 5 rings (SSSR count). The van der Waals surface area contributed by atoms with Gasteiger partial charge in [0.2, 0.25) is 6.10 Å². The van der Waals surface area contributed by atoms with Gasteiger partial charge in [0.1, 0.15) is 0 Å². The zero-order valence-electron chi connectivity index (χ0n) is 34.8. The van der Waals surface area contributed by atoms with Crippen molar-refractivity contribution >= 4 is 5.69 Å². The molecule has 1 unspecified atom stereocenters. The zero-order valence-corrected chi connectivity index (χ0v) is 34.8. The van der Waals surface area contributed by atoms with Gasteiger partial charge in [0.15, 0.2) is 7.11 Å². The highest BCUT2D eigenvalue weighted by molar-refractivity contribution is 5.73. The van der Waals surface area contributed by atoms with E-state index >= 15 is 0 Å². The number of fused-ring (bicyclic) bond motifs is 2. The number of anilines is 1. The minimum Gasteiger partial charge on any atom is -0.568 e. The summed E-state index contributed by atoms with van der Waals surface area (Å²) >= 11 is 0. The summed E-state index contributed by atoms with van der Waals surface area (Å²) in [5, 5.41) is 0. The second kappa shape index (κ2) is 21.0. The van der Waals surface area contributed by atoms with Gasteiger partial charge in [-0.15, -0.1) is 0 Å². The Hall–Kier alpha value is -3.26. The molecule has 0 spiro atoms. The van der Waals surface area contributed by atoms with Crippen LogP contribution in [0.25, 0.3) is 0 Å². The van der Waals surface area contributed by atoms with E-state index in [-0.39, 0.29) is 16.9 Å². The average Bonchev–Trinajstić information content (AvgIpc) is 3.36. The van der Waals surface area contributed by atoms with Crippen LogP contribution in [0.15, 0.2) is 84.1 Å². The Morgan fingerprint density at radius 1 is 0.688 bits per heavy atom. The van der Waals surface area contributed by atoms with Crippen molar-refractivity contribution in [2.24, 2.45) is 0 Å². The third kappa shape index (κ3) is 10.4. The van der Waals surface area contributed by atoms with Crippen molar-refractivity contribution in [3.63, 3.8) is 0 Å². The molecular formula is C46H74NO+. The molecule has 2 heterocycles. The minimum absolute atomic E-state index is 0.00280. The number of hydrogen-bond acceptors (Lipinski definition) is 1. The first-order valence-electron chi connectivity index (χ1n) is 18.8. The van der Waals surface area contributed by atoms with Gasteiger partial charge < -0.3 is 9.27 Å². The van der Waals surface area contributed by atoms with Gasteiger partial charge in [-0.05, 0) is 101 Å². The van der Waals surface area contributed by atoms with Crippen LogP contribution < -0.4 is 4.90 Å². The van der Waals surface area contributed by atoms with Gasteiger partial charge in [-0.2, -0.15) is 0 Å². The van der Waals surface area contributed by atoms with Crippen molar-refractivity contribution in [3.8, 4) is 5.75 Å². The fraction of sp³-hybridized carbons (Fsp3) is 0.522. The first kappa shape index (κ1) is 44.7. The number of nitrogens with zero attached hydrogens (tertiary/aromatic N) is 1. The summed E-state index contributed by atoms with van der Waals surface area (Å²) in [6.45, 7) is 36.3. The maximum absolute atomic E-state index is 3.38. The molecule has 0 saturated carbocycles. The molecule has 3 aliphatic rings. The van der Waals surface area contributed by atoms with E-state index in [4.69, 9.17) is 0 Å². The van der Waals surface area contributed by atoms with Crippen molar-refractivity contribution in [2.75, 3.05) is 19.1 Å². The standard InChI is InChI=1S/C33H42NO.C5H8.4C2H6/c1-22-18-24(3)30-26(20-22)34(9)28(32(30,5)6)16-14-12-11-13-15-17-29-33(7,8)31-25(4)19-23(2)21-27(31)35(29)10;1-5-3-2-4-5;4*1-2/h11-21,29H,1-10H3;3H,2,4H2,1H3;4*1-2H3/q+1;;;;;/b13-11+,14-12+,17-15+,28-16-;;;;;. The molecule has 268 valence electrons. The summed E-state index contributed by atoms with van der Waals surface area (Å²) in [7, 11) is 4.32.